The fourth-order valence-corrected chi connectivity index (χ4v) is 1.67. The number of nitrogens with zero attached hydrogens (tertiary/aromatic N) is 1. The molecule has 0 unspecified atom stereocenters. The molecule has 0 atom stereocenters. The quantitative estimate of drug-likeness (QED) is 0.806. The third kappa shape index (κ3) is 2.26. The van der Waals surface area contributed by atoms with Crippen molar-refractivity contribution in [2.45, 2.75) is 45.4 Å². The smallest absolute Gasteiger partial charge is 0.228 e. The fourth-order valence-electron chi connectivity index (χ4n) is 1.67. The van der Waals surface area contributed by atoms with E-state index in [1.165, 1.54) is 6.42 Å². The number of hydrogen-bond acceptors (Lipinski definition) is 2. The van der Waals surface area contributed by atoms with Gasteiger partial charge in [-0.15, -0.1) is 0 Å². The minimum atomic E-state index is 0.0342. The molecule has 1 aromatic rings. The lowest BCUT2D eigenvalue weighted by molar-refractivity contribution is -0.122. The highest BCUT2D eigenvalue weighted by atomic mass is 16.2. The van der Waals surface area contributed by atoms with Gasteiger partial charge < -0.3 is 5.32 Å². The zero-order valence-electron chi connectivity index (χ0n) is 10.1. The summed E-state index contributed by atoms with van der Waals surface area (Å²) in [6.45, 7) is 6.33. The molecule has 0 saturated heterocycles. The van der Waals surface area contributed by atoms with Crippen molar-refractivity contribution in [3.63, 3.8) is 0 Å². The topological polar surface area (TPSA) is 57.8 Å². The largest absolute Gasteiger partial charge is 0.309 e. The lowest BCUT2D eigenvalue weighted by Crippen LogP contribution is -2.28. The number of H-pyrrole nitrogens is 1. The Morgan fingerprint density at radius 1 is 1.50 bits per heavy atom. The predicted molar refractivity (Wildman–Crippen MR) is 63.3 cm³/mol. The first-order chi connectivity index (χ1) is 7.47. The molecule has 1 aromatic heterocycles. The lowest BCUT2D eigenvalue weighted by Gasteiger charge is -2.23. The second kappa shape index (κ2) is 3.92. The molecule has 0 aromatic carbocycles. The maximum absolute atomic E-state index is 11.7. The normalized spacial score (nSPS) is 16.9. The van der Waals surface area contributed by atoms with E-state index < -0.39 is 0 Å². The van der Waals surface area contributed by atoms with Crippen LogP contribution < -0.4 is 5.32 Å². The van der Waals surface area contributed by atoms with E-state index in [0.29, 0.717) is 5.82 Å². The Labute approximate surface area is 95.8 Å². The van der Waals surface area contributed by atoms with Gasteiger partial charge in [-0.25, -0.2) is 0 Å². The first-order valence-electron chi connectivity index (χ1n) is 5.83. The molecule has 4 heteroatoms. The molecule has 4 nitrogen and oxygen atoms in total. The van der Waals surface area contributed by atoms with Crippen LogP contribution >= 0.6 is 0 Å². The molecule has 0 aliphatic heterocycles. The Balaban J connectivity index is 1.99. The Kier molecular flexibility index (Phi) is 2.74. The van der Waals surface area contributed by atoms with Crippen LogP contribution in [-0.2, 0) is 10.2 Å². The number of nitrogens with one attached hydrogen (secondary N) is 2. The van der Waals surface area contributed by atoms with Crippen LogP contribution in [0.4, 0.5) is 5.82 Å². The average molecular weight is 221 g/mol. The molecule has 1 saturated carbocycles. The van der Waals surface area contributed by atoms with Crippen molar-refractivity contribution in [1.29, 1.82) is 0 Å². The van der Waals surface area contributed by atoms with Crippen LogP contribution in [0.3, 0.4) is 0 Å². The lowest BCUT2D eigenvalue weighted by atomic mass is 9.85. The maximum atomic E-state index is 11.7. The summed E-state index contributed by atoms with van der Waals surface area (Å²) in [5, 5.41) is 9.92. The van der Waals surface area contributed by atoms with E-state index >= 15 is 0 Å². The van der Waals surface area contributed by atoms with Crippen LogP contribution in [0.5, 0.6) is 0 Å². The second-order valence-corrected chi connectivity index (χ2v) is 5.53. The third-order valence-corrected chi connectivity index (χ3v) is 3.11. The number of hydrogen-bond donors (Lipinski definition) is 2. The van der Waals surface area contributed by atoms with Crippen LogP contribution in [0.2, 0.25) is 0 Å². The van der Waals surface area contributed by atoms with Gasteiger partial charge in [0.2, 0.25) is 5.91 Å². The molecule has 0 radical (unpaired) electrons. The molecule has 0 spiro atoms. The predicted octanol–water partition coefficient (Wildman–Crippen LogP) is 2.45. The summed E-state index contributed by atoms with van der Waals surface area (Å²) in [5.41, 5.74) is 1.07. The van der Waals surface area contributed by atoms with Crippen molar-refractivity contribution in [3.05, 3.63) is 11.8 Å². The molecule has 1 aliphatic rings. The van der Waals surface area contributed by atoms with Crippen LogP contribution in [0, 0.1) is 5.92 Å². The van der Waals surface area contributed by atoms with Gasteiger partial charge in [-0.2, -0.15) is 5.10 Å². The SMILES string of the molecule is CC(C)(C)c1cc(NC(=O)C2CCC2)n[nH]1. The van der Waals surface area contributed by atoms with Crippen molar-refractivity contribution < 1.29 is 4.79 Å². The minimum Gasteiger partial charge on any atom is -0.309 e. The Morgan fingerprint density at radius 2 is 2.19 bits per heavy atom. The van der Waals surface area contributed by atoms with E-state index in [4.69, 9.17) is 0 Å². The van der Waals surface area contributed by atoms with Crippen molar-refractivity contribution >= 4 is 11.7 Å². The van der Waals surface area contributed by atoms with Crippen LogP contribution in [0.25, 0.3) is 0 Å². The number of rotatable bonds is 2. The van der Waals surface area contributed by atoms with Gasteiger partial charge in [-0.1, -0.05) is 27.2 Å². The maximum Gasteiger partial charge on any atom is 0.228 e. The van der Waals surface area contributed by atoms with Crippen molar-refractivity contribution in [2.75, 3.05) is 5.32 Å². The number of amides is 1. The van der Waals surface area contributed by atoms with Gasteiger partial charge in [-0.05, 0) is 12.8 Å². The molecule has 1 heterocycles. The van der Waals surface area contributed by atoms with Gasteiger partial charge in [0, 0.05) is 23.1 Å². The van der Waals surface area contributed by atoms with Crippen molar-refractivity contribution in [2.24, 2.45) is 5.92 Å². The summed E-state index contributed by atoms with van der Waals surface area (Å²) in [5.74, 6) is 0.954. The van der Waals surface area contributed by atoms with E-state index in [1.54, 1.807) is 0 Å². The zero-order chi connectivity index (χ0) is 11.8. The molecule has 16 heavy (non-hydrogen) atoms. The van der Waals surface area contributed by atoms with E-state index in [2.05, 4.69) is 36.3 Å². The van der Waals surface area contributed by atoms with Crippen LogP contribution in [-0.4, -0.2) is 16.1 Å². The van der Waals surface area contributed by atoms with E-state index in [0.717, 1.165) is 18.5 Å². The van der Waals surface area contributed by atoms with Crippen molar-refractivity contribution in [3.8, 4) is 0 Å². The Hall–Kier alpha value is -1.32. The van der Waals surface area contributed by atoms with Gasteiger partial charge in [-0.3, -0.25) is 9.89 Å². The molecule has 1 aliphatic carbocycles. The number of anilines is 1. The number of aromatic amines is 1. The molecule has 2 N–H and O–H groups in total. The molecular weight excluding hydrogens is 202 g/mol. The standard InChI is InChI=1S/C12H19N3O/c1-12(2,3)9-7-10(15-14-9)13-11(16)8-5-4-6-8/h7-8H,4-6H2,1-3H3,(H2,13,14,15,16). The molecule has 88 valence electrons. The molecule has 2 rings (SSSR count). The van der Waals surface area contributed by atoms with E-state index in [9.17, 15) is 4.79 Å². The minimum absolute atomic E-state index is 0.0342. The molecule has 1 amide bonds. The highest BCUT2D eigenvalue weighted by Crippen LogP contribution is 2.28. The third-order valence-electron chi connectivity index (χ3n) is 3.11. The average Bonchev–Trinajstić information content (AvgIpc) is 2.47. The Bertz CT molecular complexity index is 385. The first-order valence-corrected chi connectivity index (χ1v) is 5.83. The van der Waals surface area contributed by atoms with Crippen LogP contribution in [0.1, 0.15) is 45.7 Å². The monoisotopic (exact) mass is 221 g/mol. The summed E-state index contributed by atoms with van der Waals surface area (Å²) in [7, 11) is 0. The number of aromatic nitrogens is 2. The van der Waals surface area contributed by atoms with E-state index in [-0.39, 0.29) is 17.2 Å². The number of carbonyl (C=O) groups is 1. The number of carbonyl (C=O) groups excluding carboxylic acids is 1. The Morgan fingerprint density at radius 3 is 2.62 bits per heavy atom. The summed E-state index contributed by atoms with van der Waals surface area (Å²) >= 11 is 0. The first kappa shape index (κ1) is 11.2. The summed E-state index contributed by atoms with van der Waals surface area (Å²) in [6, 6.07) is 1.91. The van der Waals surface area contributed by atoms with Gasteiger partial charge in [0.1, 0.15) is 0 Å². The summed E-state index contributed by atoms with van der Waals surface area (Å²) < 4.78 is 0. The van der Waals surface area contributed by atoms with Crippen LogP contribution in [0.15, 0.2) is 6.07 Å². The van der Waals surface area contributed by atoms with Gasteiger partial charge >= 0.3 is 0 Å². The highest BCUT2D eigenvalue weighted by Gasteiger charge is 2.26. The fraction of sp³-hybridized carbons (Fsp3) is 0.667. The summed E-state index contributed by atoms with van der Waals surface area (Å²) in [4.78, 5) is 11.7. The molecule has 1 fully saturated rings. The van der Waals surface area contributed by atoms with Crippen molar-refractivity contribution in [1.82, 2.24) is 10.2 Å². The van der Waals surface area contributed by atoms with Gasteiger partial charge in [0.05, 0.1) is 0 Å². The van der Waals surface area contributed by atoms with Gasteiger partial charge in [0.25, 0.3) is 0 Å². The molecular formula is C12H19N3O. The van der Waals surface area contributed by atoms with Gasteiger partial charge in [0.15, 0.2) is 5.82 Å². The van der Waals surface area contributed by atoms with E-state index in [1.807, 2.05) is 6.07 Å². The highest BCUT2D eigenvalue weighted by molar-refractivity contribution is 5.92. The second-order valence-electron chi connectivity index (χ2n) is 5.53. The zero-order valence-corrected chi connectivity index (χ0v) is 10.1. The molecule has 0 bridgehead atoms. The summed E-state index contributed by atoms with van der Waals surface area (Å²) in [6.07, 6.45) is 3.21.